The second kappa shape index (κ2) is 20.3. The zero-order chi connectivity index (χ0) is 28.3. The van der Waals surface area contributed by atoms with Crippen LogP contribution in [0, 0.1) is 0 Å². The third-order valence-electron chi connectivity index (χ3n) is 8.62. The molecule has 1 unspecified atom stereocenters. The molecule has 1 aliphatic rings. The van der Waals surface area contributed by atoms with Crippen LogP contribution in [0.1, 0.15) is 139 Å². The number of rotatable bonds is 22. The molecule has 1 aromatic heterocycles. The van der Waals surface area contributed by atoms with Crippen LogP contribution in [0.3, 0.4) is 0 Å². The first-order chi connectivity index (χ1) is 19.7. The van der Waals surface area contributed by atoms with Crippen LogP contribution in [0.5, 0.6) is 5.75 Å². The molecule has 0 aliphatic heterocycles. The number of ether oxygens (including phenoxy) is 1. The summed E-state index contributed by atoms with van der Waals surface area (Å²) in [5.41, 5.74) is 2.64. The summed E-state index contributed by atoms with van der Waals surface area (Å²) in [6, 6.07) is 11.3. The molecular weight excluding hydrogens is 510 g/mol. The van der Waals surface area contributed by atoms with Gasteiger partial charge in [-0.3, -0.25) is 9.69 Å². The van der Waals surface area contributed by atoms with Crippen molar-refractivity contribution in [3.8, 4) is 5.75 Å². The van der Waals surface area contributed by atoms with Gasteiger partial charge in [0.1, 0.15) is 5.75 Å². The molecule has 40 heavy (non-hydrogen) atoms. The Morgan fingerprint density at radius 2 is 1.50 bits per heavy atom. The molecule has 0 amide bonds. The molecule has 0 saturated heterocycles. The number of carbonyl (C=O) groups excluding carboxylic acids is 1. The molecule has 1 heterocycles. The van der Waals surface area contributed by atoms with E-state index in [0.29, 0.717) is 12.5 Å². The van der Waals surface area contributed by atoms with Gasteiger partial charge < -0.3 is 4.74 Å². The number of fused-ring (bicyclic) bond motifs is 1. The lowest BCUT2D eigenvalue weighted by atomic mass is 9.86. The van der Waals surface area contributed by atoms with Crippen molar-refractivity contribution >= 4 is 17.3 Å². The van der Waals surface area contributed by atoms with E-state index in [1.165, 1.54) is 99.5 Å². The molecule has 3 nitrogen and oxygen atoms in total. The lowest BCUT2D eigenvalue weighted by Crippen LogP contribution is -2.41. The average molecular weight is 568 g/mol. The van der Waals surface area contributed by atoms with Gasteiger partial charge in [-0.1, -0.05) is 116 Å². The van der Waals surface area contributed by atoms with Gasteiger partial charge in [-0.25, -0.2) is 0 Å². The largest absolute Gasteiger partial charge is 0.426 e. The predicted molar refractivity (Wildman–Crippen MR) is 173 cm³/mol. The zero-order valence-corrected chi connectivity index (χ0v) is 26.6. The minimum Gasteiger partial charge on any atom is -0.426 e. The van der Waals surface area contributed by atoms with Crippen molar-refractivity contribution < 1.29 is 9.53 Å². The number of nitrogens with zero attached hydrogens (tertiary/aromatic N) is 1. The highest BCUT2D eigenvalue weighted by Crippen LogP contribution is 2.32. The first kappa shape index (κ1) is 32.9. The van der Waals surface area contributed by atoms with Gasteiger partial charge in [-0.15, -0.1) is 11.3 Å². The van der Waals surface area contributed by atoms with Crippen LogP contribution in [-0.4, -0.2) is 30.0 Å². The van der Waals surface area contributed by atoms with Crippen molar-refractivity contribution in [2.24, 2.45) is 0 Å². The monoisotopic (exact) mass is 567 g/mol. The normalized spacial score (nSPS) is 14.9. The summed E-state index contributed by atoms with van der Waals surface area (Å²) in [4.78, 5) is 16.8. The highest BCUT2D eigenvalue weighted by molar-refractivity contribution is 7.09. The number of benzene rings is 1. The summed E-state index contributed by atoms with van der Waals surface area (Å²) in [7, 11) is 0. The topological polar surface area (TPSA) is 29.5 Å². The second-order valence-corrected chi connectivity index (χ2v) is 13.0. The minimum atomic E-state index is -0.0574. The Bertz CT molecular complexity index is 925. The van der Waals surface area contributed by atoms with Crippen molar-refractivity contribution in [3.63, 3.8) is 0 Å². The summed E-state index contributed by atoms with van der Waals surface area (Å²) >= 11 is 1.87. The molecular formula is C36H57NO2S. The molecule has 224 valence electrons. The van der Waals surface area contributed by atoms with Gasteiger partial charge in [-0.05, 0) is 73.7 Å². The Labute approximate surface area is 250 Å². The maximum Gasteiger partial charge on any atom is 0.311 e. The van der Waals surface area contributed by atoms with Crippen molar-refractivity contribution in [1.82, 2.24) is 4.90 Å². The minimum absolute atomic E-state index is 0.0574. The number of thiophene rings is 1. The molecule has 0 fully saturated rings. The molecule has 0 spiro atoms. The van der Waals surface area contributed by atoms with E-state index in [2.05, 4.69) is 48.4 Å². The van der Waals surface area contributed by atoms with E-state index < -0.39 is 0 Å². The van der Waals surface area contributed by atoms with Crippen LogP contribution in [0.4, 0.5) is 0 Å². The fourth-order valence-electron chi connectivity index (χ4n) is 6.27. The van der Waals surface area contributed by atoms with E-state index in [-0.39, 0.29) is 5.97 Å². The van der Waals surface area contributed by atoms with Gasteiger partial charge in [0.2, 0.25) is 0 Å². The third-order valence-corrected chi connectivity index (χ3v) is 9.56. The molecule has 1 aromatic carbocycles. The maximum absolute atomic E-state index is 12.6. The Hall–Kier alpha value is -1.65. The number of hydrogen-bond donors (Lipinski definition) is 0. The highest BCUT2D eigenvalue weighted by atomic mass is 32.1. The van der Waals surface area contributed by atoms with E-state index in [4.69, 9.17) is 4.74 Å². The SMILES string of the molecule is CCCCCCCCCCCCCCCCC(=O)Oc1cccc2c1CCC(N(CCC)CCc1cccs1)C2. The summed E-state index contributed by atoms with van der Waals surface area (Å²) in [6.07, 6.45) is 24.7. The zero-order valence-electron chi connectivity index (χ0n) is 25.8. The van der Waals surface area contributed by atoms with E-state index in [0.717, 1.165) is 57.4 Å². The molecule has 0 saturated carbocycles. The van der Waals surface area contributed by atoms with Crippen molar-refractivity contribution in [2.45, 2.75) is 148 Å². The van der Waals surface area contributed by atoms with Gasteiger partial charge >= 0.3 is 5.97 Å². The average Bonchev–Trinajstić information content (AvgIpc) is 3.49. The van der Waals surface area contributed by atoms with Crippen molar-refractivity contribution in [3.05, 3.63) is 51.7 Å². The Morgan fingerprint density at radius 1 is 0.825 bits per heavy atom. The predicted octanol–water partition coefficient (Wildman–Crippen LogP) is 10.3. The van der Waals surface area contributed by atoms with Crippen LogP contribution in [-0.2, 0) is 24.1 Å². The number of unbranched alkanes of at least 4 members (excludes halogenated alkanes) is 13. The fraction of sp³-hybridized carbons (Fsp3) is 0.694. The van der Waals surface area contributed by atoms with E-state index in [9.17, 15) is 4.79 Å². The van der Waals surface area contributed by atoms with E-state index in [1.807, 2.05) is 17.4 Å². The summed E-state index contributed by atoms with van der Waals surface area (Å²) in [5.74, 6) is 0.755. The lowest BCUT2D eigenvalue weighted by Gasteiger charge is -2.35. The first-order valence-electron chi connectivity index (χ1n) is 16.8. The molecule has 3 rings (SSSR count). The summed E-state index contributed by atoms with van der Waals surface area (Å²) in [6.45, 7) is 6.85. The third kappa shape index (κ3) is 12.5. The van der Waals surface area contributed by atoms with Crippen LogP contribution >= 0.6 is 11.3 Å². The first-order valence-corrected chi connectivity index (χ1v) is 17.7. The Kier molecular flexibility index (Phi) is 16.6. The van der Waals surface area contributed by atoms with Crippen molar-refractivity contribution in [2.75, 3.05) is 13.1 Å². The molecule has 0 bridgehead atoms. The Morgan fingerprint density at radius 3 is 2.12 bits per heavy atom. The molecule has 4 heteroatoms. The number of carbonyl (C=O) groups is 1. The van der Waals surface area contributed by atoms with Crippen molar-refractivity contribution in [1.29, 1.82) is 0 Å². The lowest BCUT2D eigenvalue weighted by molar-refractivity contribution is -0.134. The van der Waals surface area contributed by atoms with Crippen LogP contribution < -0.4 is 4.74 Å². The molecule has 1 atom stereocenters. The number of esters is 1. The van der Waals surface area contributed by atoms with Gasteiger partial charge in [0, 0.05) is 23.9 Å². The second-order valence-electron chi connectivity index (χ2n) is 12.0. The van der Waals surface area contributed by atoms with E-state index in [1.54, 1.807) is 0 Å². The van der Waals surface area contributed by atoms with Gasteiger partial charge in [-0.2, -0.15) is 0 Å². The van der Waals surface area contributed by atoms with Gasteiger partial charge in [0.15, 0.2) is 0 Å². The Balaban J connectivity index is 1.29. The summed E-state index contributed by atoms with van der Waals surface area (Å²) in [5, 5.41) is 2.18. The van der Waals surface area contributed by atoms with Crippen LogP contribution in [0.15, 0.2) is 35.7 Å². The van der Waals surface area contributed by atoms with Gasteiger partial charge in [0.05, 0.1) is 0 Å². The fourth-order valence-corrected chi connectivity index (χ4v) is 6.97. The number of hydrogen-bond acceptors (Lipinski definition) is 4. The van der Waals surface area contributed by atoms with Gasteiger partial charge in [0.25, 0.3) is 0 Å². The highest BCUT2D eigenvalue weighted by Gasteiger charge is 2.26. The summed E-state index contributed by atoms with van der Waals surface area (Å²) < 4.78 is 5.91. The molecule has 0 radical (unpaired) electrons. The molecule has 0 N–H and O–H groups in total. The van der Waals surface area contributed by atoms with Crippen LogP contribution in [0.2, 0.25) is 0 Å². The standard InChI is InChI=1S/C36H57NO2S/c1-3-5-6-7-8-9-10-11-12-13-14-15-16-17-23-36(38)39-35-22-18-20-31-30-32(24-25-34(31)35)37(27-4-2)28-26-33-21-19-29-40-33/h18-22,29,32H,3-17,23-28,30H2,1-2H3. The molecule has 2 aromatic rings. The maximum atomic E-state index is 12.6. The smallest absolute Gasteiger partial charge is 0.311 e. The van der Waals surface area contributed by atoms with E-state index >= 15 is 0 Å². The quantitative estimate of drug-likeness (QED) is 0.0805. The molecule has 1 aliphatic carbocycles. The van der Waals surface area contributed by atoms with Crippen LogP contribution in [0.25, 0.3) is 0 Å².